The second-order valence-corrected chi connectivity index (χ2v) is 4.20. The summed E-state index contributed by atoms with van der Waals surface area (Å²) < 4.78 is 6.76. The van der Waals surface area contributed by atoms with Crippen LogP contribution in [0.5, 0.6) is 0 Å². The molecule has 0 spiro atoms. The number of ether oxygens (including phenoxy) is 1. The molecule has 0 aliphatic heterocycles. The first-order valence-corrected chi connectivity index (χ1v) is 5.93. The van der Waals surface area contributed by atoms with Gasteiger partial charge >= 0.3 is 0 Å². The molecule has 2 aromatic rings. The Labute approximate surface area is 106 Å². The second-order valence-electron chi connectivity index (χ2n) is 4.20. The number of pyridine rings is 1. The Balaban J connectivity index is 2.04. The lowest BCUT2D eigenvalue weighted by molar-refractivity contribution is 0.0944. The zero-order valence-corrected chi connectivity index (χ0v) is 10.6. The topological polar surface area (TPSA) is 55.6 Å². The number of nitrogens with zero attached hydrogens (tertiary/aromatic N) is 2. The van der Waals surface area contributed by atoms with Crippen molar-refractivity contribution in [1.82, 2.24) is 14.7 Å². The molecule has 0 aliphatic rings. The van der Waals surface area contributed by atoms with Crippen molar-refractivity contribution in [1.29, 1.82) is 0 Å². The number of imidazole rings is 1. The Kier molecular flexibility index (Phi) is 3.94. The van der Waals surface area contributed by atoms with E-state index in [0.717, 1.165) is 17.6 Å². The molecule has 0 bridgehead atoms. The summed E-state index contributed by atoms with van der Waals surface area (Å²) in [4.78, 5) is 16.1. The maximum atomic E-state index is 11.8. The molecule has 0 atom stereocenters. The van der Waals surface area contributed by atoms with E-state index in [9.17, 15) is 4.79 Å². The fourth-order valence-corrected chi connectivity index (χ4v) is 1.70. The van der Waals surface area contributed by atoms with Crippen molar-refractivity contribution < 1.29 is 9.53 Å². The lowest BCUT2D eigenvalue weighted by Gasteiger charge is -2.01. The van der Waals surface area contributed by atoms with Crippen molar-refractivity contribution >= 4 is 11.6 Å². The van der Waals surface area contributed by atoms with E-state index in [1.54, 1.807) is 13.3 Å². The van der Waals surface area contributed by atoms with Crippen molar-refractivity contribution in [2.75, 3.05) is 20.3 Å². The van der Waals surface area contributed by atoms with E-state index in [0.29, 0.717) is 18.8 Å². The van der Waals surface area contributed by atoms with E-state index in [1.807, 2.05) is 29.7 Å². The summed E-state index contributed by atoms with van der Waals surface area (Å²) >= 11 is 0. The number of carbonyl (C=O) groups is 1. The Morgan fingerprint density at radius 2 is 2.39 bits per heavy atom. The van der Waals surface area contributed by atoms with Crippen LogP contribution in [0.4, 0.5) is 0 Å². The van der Waals surface area contributed by atoms with Crippen molar-refractivity contribution in [2.45, 2.75) is 13.3 Å². The number of hydrogen-bond donors (Lipinski definition) is 1. The number of aromatic nitrogens is 2. The molecular formula is C13H17N3O2. The highest BCUT2D eigenvalue weighted by Gasteiger charge is 2.09. The zero-order valence-electron chi connectivity index (χ0n) is 10.6. The molecule has 0 aliphatic carbocycles. The summed E-state index contributed by atoms with van der Waals surface area (Å²) in [5.74, 6) is -0.146. The summed E-state index contributed by atoms with van der Waals surface area (Å²) in [6.07, 6.45) is 4.44. The van der Waals surface area contributed by atoms with E-state index >= 15 is 0 Å². The highest BCUT2D eigenvalue weighted by atomic mass is 16.5. The molecule has 2 heterocycles. The van der Waals surface area contributed by atoms with Gasteiger partial charge in [-0.05, 0) is 31.0 Å². The average Bonchev–Trinajstić information content (AvgIpc) is 2.77. The number of carbonyl (C=O) groups excluding carboxylic acids is 1. The third-order valence-corrected chi connectivity index (χ3v) is 2.66. The summed E-state index contributed by atoms with van der Waals surface area (Å²) in [6.45, 7) is 3.24. The number of nitrogens with one attached hydrogen (secondary N) is 1. The SMILES string of the molecule is COCCCNC(=O)c1cn2ccc(C)cc2n1. The van der Waals surface area contributed by atoms with E-state index in [-0.39, 0.29) is 5.91 Å². The molecule has 0 unspecified atom stereocenters. The molecule has 0 radical (unpaired) electrons. The standard InChI is InChI=1S/C13H17N3O2/c1-10-4-6-16-9-11(15-12(16)8-10)13(17)14-5-3-7-18-2/h4,6,8-9H,3,5,7H2,1-2H3,(H,14,17). The number of amides is 1. The Hall–Kier alpha value is -1.88. The highest BCUT2D eigenvalue weighted by Crippen LogP contribution is 2.07. The average molecular weight is 247 g/mol. The zero-order chi connectivity index (χ0) is 13.0. The molecule has 0 saturated heterocycles. The molecule has 1 N–H and O–H groups in total. The molecule has 1 amide bonds. The van der Waals surface area contributed by atoms with E-state index in [2.05, 4.69) is 10.3 Å². The van der Waals surface area contributed by atoms with Crippen molar-refractivity contribution in [2.24, 2.45) is 0 Å². The number of fused-ring (bicyclic) bond motifs is 1. The third kappa shape index (κ3) is 2.87. The maximum Gasteiger partial charge on any atom is 0.271 e. The largest absolute Gasteiger partial charge is 0.385 e. The first-order chi connectivity index (χ1) is 8.70. The number of hydrogen-bond acceptors (Lipinski definition) is 3. The van der Waals surface area contributed by atoms with Crippen LogP contribution >= 0.6 is 0 Å². The van der Waals surface area contributed by atoms with E-state index in [1.165, 1.54) is 0 Å². The molecular weight excluding hydrogens is 230 g/mol. The highest BCUT2D eigenvalue weighted by molar-refractivity contribution is 5.92. The van der Waals surface area contributed by atoms with Crippen molar-refractivity contribution in [3.8, 4) is 0 Å². The lowest BCUT2D eigenvalue weighted by atomic mass is 10.3. The van der Waals surface area contributed by atoms with Crippen LogP contribution in [-0.4, -0.2) is 35.6 Å². The predicted molar refractivity (Wildman–Crippen MR) is 68.8 cm³/mol. The third-order valence-electron chi connectivity index (χ3n) is 2.66. The van der Waals surface area contributed by atoms with Gasteiger partial charge in [-0.15, -0.1) is 0 Å². The van der Waals surface area contributed by atoms with Crippen LogP contribution in [0.2, 0.25) is 0 Å². The fourth-order valence-electron chi connectivity index (χ4n) is 1.70. The maximum absolute atomic E-state index is 11.8. The van der Waals surface area contributed by atoms with Gasteiger partial charge in [0, 0.05) is 32.7 Å². The quantitative estimate of drug-likeness (QED) is 0.813. The first kappa shape index (κ1) is 12.6. The molecule has 18 heavy (non-hydrogen) atoms. The lowest BCUT2D eigenvalue weighted by Crippen LogP contribution is -2.25. The number of methoxy groups -OCH3 is 1. The summed E-state index contributed by atoms with van der Waals surface area (Å²) in [5.41, 5.74) is 2.36. The molecule has 2 rings (SSSR count). The van der Waals surface area contributed by atoms with Crippen LogP contribution in [0.1, 0.15) is 22.5 Å². The second kappa shape index (κ2) is 5.64. The summed E-state index contributed by atoms with van der Waals surface area (Å²) in [5, 5.41) is 2.81. The molecule has 5 heteroatoms. The molecule has 2 aromatic heterocycles. The van der Waals surface area contributed by atoms with Gasteiger partial charge in [-0.1, -0.05) is 0 Å². The van der Waals surface area contributed by atoms with E-state index < -0.39 is 0 Å². The van der Waals surface area contributed by atoms with Gasteiger partial charge in [-0.25, -0.2) is 4.98 Å². The van der Waals surface area contributed by atoms with Crippen LogP contribution in [0.3, 0.4) is 0 Å². The molecule has 0 aromatic carbocycles. The smallest absolute Gasteiger partial charge is 0.271 e. The minimum atomic E-state index is -0.146. The van der Waals surface area contributed by atoms with Crippen molar-refractivity contribution in [3.05, 3.63) is 35.8 Å². The van der Waals surface area contributed by atoms with Gasteiger partial charge in [0.05, 0.1) is 0 Å². The fraction of sp³-hybridized carbons (Fsp3) is 0.385. The summed E-state index contributed by atoms with van der Waals surface area (Å²) in [6, 6.07) is 3.93. The van der Waals surface area contributed by atoms with E-state index in [4.69, 9.17) is 4.74 Å². The molecule has 96 valence electrons. The number of rotatable bonds is 5. The van der Waals surface area contributed by atoms with Crippen LogP contribution in [0.15, 0.2) is 24.5 Å². The molecule has 0 fully saturated rings. The molecule has 0 saturated carbocycles. The number of aryl methyl sites for hydroxylation is 1. The van der Waals surface area contributed by atoms with Gasteiger partial charge in [0.25, 0.3) is 5.91 Å². The minimum Gasteiger partial charge on any atom is -0.385 e. The monoisotopic (exact) mass is 247 g/mol. The first-order valence-electron chi connectivity index (χ1n) is 5.93. The van der Waals surface area contributed by atoms with Gasteiger partial charge in [0.2, 0.25) is 0 Å². The van der Waals surface area contributed by atoms with Crippen LogP contribution in [-0.2, 0) is 4.74 Å². The van der Waals surface area contributed by atoms with Gasteiger partial charge in [-0.2, -0.15) is 0 Å². The van der Waals surface area contributed by atoms with Crippen molar-refractivity contribution in [3.63, 3.8) is 0 Å². The van der Waals surface area contributed by atoms with Gasteiger partial charge in [-0.3, -0.25) is 4.79 Å². The van der Waals surface area contributed by atoms with Gasteiger partial charge < -0.3 is 14.5 Å². The van der Waals surface area contributed by atoms with Crippen LogP contribution in [0.25, 0.3) is 5.65 Å². The normalized spacial score (nSPS) is 10.8. The minimum absolute atomic E-state index is 0.146. The molecule has 5 nitrogen and oxygen atoms in total. The Morgan fingerprint density at radius 1 is 1.56 bits per heavy atom. The van der Waals surface area contributed by atoms with Crippen LogP contribution in [0, 0.1) is 6.92 Å². The van der Waals surface area contributed by atoms with Gasteiger partial charge in [0.15, 0.2) is 0 Å². The Bertz CT molecular complexity index is 548. The predicted octanol–water partition coefficient (Wildman–Crippen LogP) is 1.41. The van der Waals surface area contributed by atoms with Gasteiger partial charge in [0.1, 0.15) is 11.3 Å². The summed E-state index contributed by atoms with van der Waals surface area (Å²) in [7, 11) is 1.65. The van der Waals surface area contributed by atoms with Crippen LogP contribution < -0.4 is 5.32 Å². The Morgan fingerprint density at radius 3 is 3.17 bits per heavy atom.